The van der Waals surface area contributed by atoms with Gasteiger partial charge in [0.05, 0.1) is 27.8 Å². The van der Waals surface area contributed by atoms with Crippen LogP contribution in [0.25, 0.3) is 112 Å². The summed E-state index contributed by atoms with van der Waals surface area (Å²) in [5.74, 6) is 2.76. The van der Waals surface area contributed by atoms with Crippen LogP contribution in [-0.2, 0) is 0 Å². The number of hydrogen-bond acceptors (Lipinski definition) is 4. The van der Waals surface area contributed by atoms with E-state index in [0.29, 0.717) is 17.5 Å². The molecule has 0 saturated heterocycles. The first-order valence-electron chi connectivity index (χ1n) is 20.8. The average molecular weight is 793 g/mol. The van der Waals surface area contributed by atoms with E-state index in [1.165, 1.54) is 16.2 Å². The van der Waals surface area contributed by atoms with Crippen LogP contribution in [0.1, 0.15) is 0 Å². The maximum Gasteiger partial charge on any atom is 0.164 e. The third-order valence-corrected chi connectivity index (χ3v) is 11.8. The van der Waals surface area contributed by atoms with E-state index in [2.05, 4.69) is 161 Å². The molecule has 0 fully saturated rings. The van der Waals surface area contributed by atoms with Crippen molar-refractivity contribution in [2.24, 2.45) is 0 Å². The Balaban J connectivity index is 1.07. The number of nitrogens with zero attached hydrogens (tertiary/aromatic N) is 6. The summed E-state index contributed by atoms with van der Waals surface area (Å²) in [6.07, 6.45) is 0. The SMILES string of the molecule is c1ccc(-c2cc(-c3ccccc3)nc(-n3c4ccccc4c4c3ccc3c5ccccc5n(-c5ccc(-c6nc(-c7ccccc7)nc(-c7ccccc7)n6)cc5)c34)c2)cc1. The normalized spacial score (nSPS) is 11.5. The lowest BCUT2D eigenvalue weighted by Crippen LogP contribution is -2.01. The van der Waals surface area contributed by atoms with Crippen LogP contribution in [-0.4, -0.2) is 29.1 Å². The lowest BCUT2D eigenvalue weighted by Gasteiger charge is -2.13. The molecular weight excluding hydrogens is 757 g/mol. The highest BCUT2D eigenvalue weighted by Gasteiger charge is 2.22. The summed E-state index contributed by atoms with van der Waals surface area (Å²) in [7, 11) is 0. The van der Waals surface area contributed by atoms with Crippen LogP contribution in [0.4, 0.5) is 0 Å². The van der Waals surface area contributed by atoms with E-state index in [0.717, 1.165) is 78.0 Å². The van der Waals surface area contributed by atoms with Gasteiger partial charge < -0.3 is 4.57 Å². The Morgan fingerprint density at radius 1 is 0.290 bits per heavy atom. The minimum Gasteiger partial charge on any atom is -0.309 e. The molecule has 6 nitrogen and oxygen atoms in total. The summed E-state index contributed by atoms with van der Waals surface area (Å²) in [6, 6.07) is 76.2. The van der Waals surface area contributed by atoms with Gasteiger partial charge in [-0.1, -0.05) is 164 Å². The van der Waals surface area contributed by atoms with Gasteiger partial charge in [-0.25, -0.2) is 19.9 Å². The quantitative estimate of drug-likeness (QED) is 0.161. The molecule has 0 atom stereocenters. The second-order valence-electron chi connectivity index (χ2n) is 15.5. The second-order valence-corrected chi connectivity index (χ2v) is 15.5. The first-order valence-corrected chi connectivity index (χ1v) is 20.8. The maximum atomic E-state index is 5.40. The molecule has 0 spiro atoms. The number of benzene rings is 8. The van der Waals surface area contributed by atoms with Crippen LogP contribution in [0, 0.1) is 0 Å². The summed E-state index contributed by atoms with van der Waals surface area (Å²) >= 11 is 0. The molecule has 8 aromatic carbocycles. The highest BCUT2D eigenvalue weighted by atomic mass is 15.1. The van der Waals surface area contributed by atoms with Gasteiger partial charge in [0.15, 0.2) is 17.5 Å². The lowest BCUT2D eigenvalue weighted by atomic mass is 10.0. The van der Waals surface area contributed by atoms with Crippen LogP contribution in [0.3, 0.4) is 0 Å². The van der Waals surface area contributed by atoms with Gasteiger partial charge in [0.1, 0.15) is 5.82 Å². The molecular formula is C56H36N6. The van der Waals surface area contributed by atoms with Gasteiger partial charge >= 0.3 is 0 Å². The Labute approximate surface area is 357 Å². The minimum atomic E-state index is 0.622. The third kappa shape index (κ3) is 5.96. The Bertz CT molecular complexity index is 3480. The number of pyridine rings is 1. The van der Waals surface area contributed by atoms with Crippen molar-refractivity contribution in [3.63, 3.8) is 0 Å². The Morgan fingerprint density at radius 2 is 0.774 bits per heavy atom. The number of hydrogen-bond donors (Lipinski definition) is 0. The summed E-state index contributed by atoms with van der Waals surface area (Å²) < 4.78 is 4.75. The number of para-hydroxylation sites is 2. The van der Waals surface area contributed by atoms with E-state index < -0.39 is 0 Å². The number of fused-ring (bicyclic) bond motifs is 7. The Kier molecular flexibility index (Phi) is 8.38. The molecule has 0 radical (unpaired) electrons. The van der Waals surface area contributed by atoms with E-state index in [1.807, 2.05) is 66.7 Å². The topological polar surface area (TPSA) is 61.4 Å². The fraction of sp³-hybridized carbons (Fsp3) is 0. The van der Waals surface area contributed by atoms with Crippen molar-refractivity contribution in [1.29, 1.82) is 0 Å². The summed E-state index contributed by atoms with van der Waals surface area (Å²) in [5, 5.41) is 4.71. The molecule has 0 unspecified atom stereocenters. The molecule has 12 rings (SSSR count). The van der Waals surface area contributed by atoms with Gasteiger partial charge in [-0.2, -0.15) is 0 Å². The molecule has 0 bridgehead atoms. The smallest absolute Gasteiger partial charge is 0.164 e. The highest BCUT2D eigenvalue weighted by molar-refractivity contribution is 6.26. The summed E-state index contributed by atoms with van der Waals surface area (Å²) in [5.41, 5.74) is 12.5. The van der Waals surface area contributed by atoms with E-state index in [4.69, 9.17) is 19.9 Å². The molecule has 0 amide bonds. The van der Waals surface area contributed by atoms with Crippen LogP contribution < -0.4 is 0 Å². The first-order chi connectivity index (χ1) is 30.7. The molecule has 12 aromatic rings. The molecule has 6 heteroatoms. The van der Waals surface area contributed by atoms with Crippen LogP contribution in [0.2, 0.25) is 0 Å². The van der Waals surface area contributed by atoms with Gasteiger partial charge in [-0.05, 0) is 65.7 Å². The molecule has 0 aliphatic heterocycles. The molecule has 4 aromatic heterocycles. The van der Waals surface area contributed by atoms with Crippen molar-refractivity contribution < 1.29 is 0 Å². The van der Waals surface area contributed by atoms with Gasteiger partial charge in [0.25, 0.3) is 0 Å². The van der Waals surface area contributed by atoms with Gasteiger partial charge in [-0.15, -0.1) is 0 Å². The fourth-order valence-corrected chi connectivity index (χ4v) is 8.91. The van der Waals surface area contributed by atoms with Gasteiger partial charge in [0.2, 0.25) is 0 Å². The average Bonchev–Trinajstić information content (AvgIpc) is 3.88. The van der Waals surface area contributed by atoms with Crippen LogP contribution in [0.5, 0.6) is 0 Å². The maximum absolute atomic E-state index is 5.40. The van der Waals surface area contributed by atoms with E-state index >= 15 is 0 Å². The van der Waals surface area contributed by atoms with Crippen molar-refractivity contribution >= 4 is 43.6 Å². The minimum absolute atomic E-state index is 0.622. The van der Waals surface area contributed by atoms with Gasteiger partial charge in [-0.3, -0.25) is 4.57 Å². The van der Waals surface area contributed by atoms with E-state index in [1.54, 1.807) is 0 Å². The van der Waals surface area contributed by atoms with E-state index in [-0.39, 0.29) is 0 Å². The molecule has 0 saturated carbocycles. The Hall–Kier alpha value is -8.48. The predicted octanol–water partition coefficient (Wildman–Crippen LogP) is 13.8. The zero-order chi connectivity index (χ0) is 41.0. The fourth-order valence-electron chi connectivity index (χ4n) is 8.91. The van der Waals surface area contributed by atoms with Crippen LogP contribution in [0.15, 0.2) is 218 Å². The molecule has 62 heavy (non-hydrogen) atoms. The second kappa shape index (κ2) is 14.7. The van der Waals surface area contributed by atoms with Crippen molar-refractivity contribution in [3.05, 3.63) is 218 Å². The molecule has 4 heterocycles. The largest absolute Gasteiger partial charge is 0.309 e. The monoisotopic (exact) mass is 792 g/mol. The van der Waals surface area contributed by atoms with Crippen molar-refractivity contribution in [2.75, 3.05) is 0 Å². The number of rotatable bonds is 7. The van der Waals surface area contributed by atoms with Crippen molar-refractivity contribution in [1.82, 2.24) is 29.1 Å². The molecule has 0 aliphatic carbocycles. The summed E-state index contributed by atoms with van der Waals surface area (Å²) in [4.78, 5) is 20.3. The molecule has 290 valence electrons. The zero-order valence-electron chi connectivity index (χ0n) is 33.5. The lowest BCUT2D eigenvalue weighted by molar-refractivity contribution is 1.07. The first kappa shape index (κ1) is 35.5. The van der Waals surface area contributed by atoms with Crippen LogP contribution >= 0.6 is 0 Å². The highest BCUT2D eigenvalue weighted by Crippen LogP contribution is 2.42. The standard InChI is InChI=1S/C56H36N6/c1-5-17-37(18-6-1)42-35-47(38-19-7-2-8-20-38)57-51(36-42)62-49-28-16-14-26-46(49)52-50(62)34-33-45-44-25-13-15-27-48(44)61(53(45)52)43-31-29-41(30-32-43)56-59-54(39-21-9-3-10-22-39)58-55(60-56)40-23-11-4-12-24-40/h1-36H. The molecule has 0 aliphatic rings. The van der Waals surface area contributed by atoms with E-state index in [9.17, 15) is 0 Å². The van der Waals surface area contributed by atoms with Gasteiger partial charge in [0, 0.05) is 49.5 Å². The van der Waals surface area contributed by atoms with Crippen molar-refractivity contribution in [2.45, 2.75) is 0 Å². The summed E-state index contributed by atoms with van der Waals surface area (Å²) in [6.45, 7) is 0. The zero-order valence-corrected chi connectivity index (χ0v) is 33.5. The number of aromatic nitrogens is 6. The Morgan fingerprint density at radius 3 is 1.37 bits per heavy atom. The predicted molar refractivity (Wildman–Crippen MR) is 253 cm³/mol. The van der Waals surface area contributed by atoms with Crippen molar-refractivity contribution in [3.8, 4) is 68.1 Å². The molecule has 0 N–H and O–H groups in total. The third-order valence-electron chi connectivity index (χ3n) is 11.8.